The first-order valence-corrected chi connectivity index (χ1v) is 28.9. The number of rotatable bonds is 50. The van der Waals surface area contributed by atoms with Gasteiger partial charge in [-0.05, 0) is 19.3 Å². The Bertz CT molecular complexity index is 1040. The molecule has 0 saturated carbocycles. The summed E-state index contributed by atoms with van der Waals surface area (Å²) >= 11 is 0. The highest BCUT2D eigenvalue weighted by Gasteiger charge is 2.44. The minimum Gasteiger partial charge on any atom is -0.394 e. The van der Waals surface area contributed by atoms with Crippen LogP contribution >= 0.6 is 0 Å². The van der Waals surface area contributed by atoms with E-state index in [1.54, 1.807) is 6.08 Å². The van der Waals surface area contributed by atoms with Crippen molar-refractivity contribution in [3.63, 3.8) is 0 Å². The van der Waals surface area contributed by atoms with Gasteiger partial charge < -0.3 is 40.3 Å². The molecule has 0 bridgehead atoms. The van der Waals surface area contributed by atoms with Crippen molar-refractivity contribution >= 4 is 5.91 Å². The van der Waals surface area contributed by atoms with E-state index in [0.717, 1.165) is 38.5 Å². The van der Waals surface area contributed by atoms with Crippen LogP contribution in [0.25, 0.3) is 0 Å². The molecule has 7 atom stereocenters. The van der Waals surface area contributed by atoms with E-state index in [1.807, 2.05) is 6.08 Å². The number of carbonyl (C=O) groups is 1. The molecule has 392 valence electrons. The molecule has 0 aromatic rings. The molecule has 66 heavy (non-hydrogen) atoms. The molecule has 6 N–H and O–H groups in total. The van der Waals surface area contributed by atoms with Crippen LogP contribution < -0.4 is 5.32 Å². The minimum atomic E-state index is -1.56. The van der Waals surface area contributed by atoms with Gasteiger partial charge in [-0.1, -0.05) is 276 Å². The molecule has 1 heterocycles. The van der Waals surface area contributed by atoms with E-state index < -0.39 is 49.5 Å². The quantitative estimate of drug-likeness (QED) is 0.0261. The first-order chi connectivity index (χ1) is 32.3. The van der Waals surface area contributed by atoms with Gasteiger partial charge in [0.15, 0.2) is 6.29 Å². The number of nitrogens with one attached hydrogen (secondary N) is 1. The van der Waals surface area contributed by atoms with Crippen molar-refractivity contribution in [2.45, 2.75) is 333 Å². The van der Waals surface area contributed by atoms with Gasteiger partial charge in [0, 0.05) is 6.42 Å². The summed E-state index contributed by atoms with van der Waals surface area (Å²) in [6, 6.07) is -0.799. The standard InChI is InChI=1S/C57H111NO8/c1-3-5-7-9-11-13-15-17-18-19-20-21-22-23-24-25-26-27-28-29-30-31-32-33-34-35-37-39-41-43-45-47-53(61)58-50(49-65-57-56(64)55(63)54(62)52(48-59)66-57)51(60)46-44-42-40-38-36-16-14-12-10-8-6-4-2/h44,46,50-52,54-57,59-60,62-64H,3-43,45,47-49H2,1-2H3,(H,58,61)/b46-44+/t50-,51+,52+,54+,55?,56?,57+/m0/s1. The molecule has 1 amide bonds. The number of aliphatic hydroxyl groups is 5. The van der Waals surface area contributed by atoms with Crippen LogP contribution in [-0.2, 0) is 14.3 Å². The van der Waals surface area contributed by atoms with E-state index in [1.165, 1.54) is 231 Å². The van der Waals surface area contributed by atoms with E-state index in [2.05, 4.69) is 19.2 Å². The van der Waals surface area contributed by atoms with Crippen molar-refractivity contribution in [1.29, 1.82) is 0 Å². The maximum absolute atomic E-state index is 13.0. The molecule has 1 aliphatic heterocycles. The molecular weight excluding hydrogens is 827 g/mol. The van der Waals surface area contributed by atoms with E-state index in [4.69, 9.17) is 9.47 Å². The van der Waals surface area contributed by atoms with Gasteiger partial charge in [-0.2, -0.15) is 0 Å². The largest absolute Gasteiger partial charge is 0.394 e. The van der Waals surface area contributed by atoms with Crippen LogP contribution in [0, 0.1) is 0 Å². The third-order valence-electron chi connectivity index (χ3n) is 14.1. The summed E-state index contributed by atoms with van der Waals surface area (Å²) in [5, 5.41) is 54.3. The van der Waals surface area contributed by atoms with Crippen LogP contribution in [0.5, 0.6) is 0 Å². The van der Waals surface area contributed by atoms with E-state index in [9.17, 15) is 30.3 Å². The summed E-state index contributed by atoms with van der Waals surface area (Å²) in [5.74, 6) is -0.171. The first kappa shape index (κ1) is 62.9. The molecule has 1 fully saturated rings. The third-order valence-corrected chi connectivity index (χ3v) is 14.1. The first-order valence-electron chi connectivity index (χ1n) is 28.9. The predicted octanol–water partition coefficient (Wildman–Crippen LogP) is 14.0. The molecule has 1 aliphatic rings. The van der Waals surface area contributed by atoms with Gasteiger partial charge >= 0.3 is 0 Å². The predicted molar refractivity (Wildman–Crippen MR) is 277 cm³/mol. The molecule has 1 rings (SSSR count). The Morgan fingerprint density at radius 2 is 0.833 bits per heavy atom. The highest BCUT2D eigenvalue weighted by atomic mass is 16.7. The van der Waals surface area contributed by atoms with Gasteiger partial charge in [-0.15, -0.1) is 0 Å². The molecule has 0 aromatic heterocycles. The molecule has 0 spiro atoms. The number of carbonyl (C=O) groups excluding carboxylic acids is 1. The topological polar surface area (TPSA) is 149 Å². The number of ether oxygens (including phenoxy) is 2. The van der Waals surface area contributed by atoms with Crippen LogP contribution in [0.15, 0.2) is 12.2 Å². The second-order valence-corrected chi connectivity index (χ2v) is 20.5. The van der Waals surface area contributed by atoms with Crippen LogP contribution in [0.1, 0.15) is 290 Å². The van der Waals surface area contributed by atoms with Crippen LogP contribution in [-0.4, -0.2) is 87.5 Å². The fraction of sp³-hybridized carbons (Fsp3) is 0.947. The lowest BCUT2D eigenvalue weighted by Gasteiger charge is -2.40. The Balaban J connectivity index is 2.10. The summed E-state index contributed by atoms with van der Waals surface area (Å²) in [7, 11) is 0. The number of aliphatic hydroxyl groups excluding tert-OH is 5. The highest BCUT2D eigenvalue weighted by Crippen LogP contribution is 2.23. The summed E-state index contributed by atoms with van der Waals surface area (Å²) in [6.07, 6.45) is 51.6. The fourth-order valence-corrected chi connectivity index (χ4v) is 9.51. The molecule has 2 unspecified atom stereocenters. The van der Waals surface area contributed by atoms with Gasteiger partial charge in [0.2, 0.25) is 5.91 Å². The van der Waals surface area contributed by atoms with E-state index in [-0.39, 0.29) is 12.5 Å². The smallest absolute Gasteiger partial charge is 0.220 e. The zero-order valence-corrected chi connectivity index (χ0v) is 43.5. The molecule has 9 heteroatoms. The SMILES string of the molecule is CCCCCCCCCCCC/C=C/[C@@H](O)[C@H](CO[C@@H]1O[C@H](CO)[C@@H](O)C(O)C1O)NC(=O)CCCCCCCCCCCCCCCCCCCCCCCCCCCCCCCCC. The Labute approximate surface area is 407 Å². The molecule has 1 saturated heterocycles. The average molecular weight is 939 g/mol. The van der Waals surface area contributed by atoms with Gasteiger partial charge in [-0.3, -0.25) is 4.79 Å². The summed E-state index contributed by atoms with van der Waals surface area (Å²) in [5.41, 5.74) is 0. The Morgan fingerprint density at radius 1 is 0.500 bits per heavy atom. The van der Waals surface area contributed by atoms with Crippen molar-refractivity contribution in [2.75, 3.05) is 13.2 Å². The number of amides is 1. The Hall–Kier alpha value is -1.07. The van der Waals surface area contributed by atoms with Crippen LogP contribution in [0.2, 0.25) is 0 Å². The summed E-state index contributed by atoms with van der Waals surface area (Å²) in [6.45, 7) is 3.80. The van der Waals surface area contributed by atoms with Crippen molar-refractivity contribution in [3.05, 3.63) is 12.2 Å². The van der Waals surface area contributed by atoms with Gasteiger partial charge in [0.05, 0.1) is 25.4 Å². The summed E-state index contributed by atoms with van der Waals surface area (Å²) in [4.78, 5) is 13.0. The third kappa shape index (κ3) is 36.9. The zero-order valence-electron chi connectivity index (χ0n) is 43.5. The monoisotopic (exact) mass is 938 g/mol. The van der Waals surface area contributed by atoms with E-state index >= 15 is 0 Å². The molecule has 0 aromatic carbocycles. The van der Waals surface area contributed by atoms with Crippen molar-refractivity contribution in [3.8, 4) is 0 Å². The van der Waals surface area contributed by atoms with Gasteiger partial charge in [0.1, 0.15) is 24.4 Å². The molecule has 0 radical (unpaired) electrons. The molecular formula is C57H111NO8. The fourth-order valence-electron chi connectivity index (χ4n) is 9.51. The van der Waals surface area contributed by atoms with Gasteiger partial charge in [-0.25, -0.2) is 0 Å². The van der Waals surface area contributed by atoms with Crippen molar-refractivity contribution < 1.29 is 39.8 Å². The normalized spacial score (nSPS) is 19.8. The van der Waals surface area contributed by atoms with Gasteiger partial charge in [0.25, 0.3) is 0 Å². The lowest BCUT2D eigenvalue weighted by molar-refractivity contribution is -0.302. The average Bonchev–Trinajstić information content (AvgIpc) is 3.32. The number of unbranched alkanes of at least 4 members (excludes halogenated alkanes) is 40. The number of hydrogen-bond acceptors (Lipinski definition) is 8. The lowest BCUT2D eigenvalue weighted by Crippen LogP contribution is -2.60. The molecule has 0 aliphatic carbocycles. The highest BCUT2D eigenvalue weighted by molar-refractivity contribution is 5.76. The Morgan fingerprint density at radius 3 is 1.18 bits per heavy atom. The van der Waals surface area contributed by atoms with Crippen molar-refractivity contribution in [2.24, 2.45) is 0 Å². The second-order valence-electron chi connectivity index (χ2n) is 20.5. The molecule has 9 nitrogen and oxygen atoms in total. The minimum absolute atomic E-state index is 0.171. The maximum atomic E-state index is 13.0. The van der Waals surface area contributed by atoms with E-state index in [0.29, 0.717) is 6.42 Å². The second kappa shape index (κ2) is 47.6. The lowest BCUT2D eigenvalue weighted by atomic mass is 9.99. The van der Waals surface area contributed by atoms with Crippen LogP contribution in [0.4, 0.5) is 0 Å². The zero-order chi connectivity index (χ0) is 48.0. The van der Waals surface area contributed by atoms with Crippen molar-refractivity contribution in [1.82, 2.24) is 5.32 Å². The number of allylic oxidation sites excluding steroid dienone is 1. The number of hydrogen-bond donors (Lipinski definition) is 6. The summed E-state index contributed by atoms with van der Waals surface area (Å²) < 4.78 is 11.2. The Kier molecular flexibility index (Phi) is 45.4. The van der Waals surface area contributed by atoms with Crippen LogP contribution in [0.3, 0.4) is 0 Å². The maximum Gasteiger partial charge on any atom is 0.220 e.